The molecule has 0 spiro atoms. The molecule has 1 aromatic carbocycles. The van der Waals surface area contributed by atoms with Gasteiger partial charge in [0.2, 0.25) is 0 Å². The molecule has 2 bridgehead atoms. The van der Waals surface area contributed by atoms with Crippen LogP contribution >= 0.6 is 27.3 Å². The average molecular weight is 496 g/mol. The van der Waals surface area contributed by atoms with Gasteiger partial charge in [-0.15, -0.1) is 0 Å². The van der Waals surface area contributed by atoms with Gasteiger partial charge in [-0.25, -0.2) is 4.39 Å². The van der Waals surface area contributed by atoms with Gasteiger partial charge in [0.05, 0.1) is 22.5 Å². The van der Waals surface area contributed by atoms with E-state index in [2.05, 4.69) is 33.5 Å². The highest BCUT2D eigenvalue weighted by molar-refractivity contribution is 9.10. The highest BCUT2D eigenvalue weighted by Crippen LogP contribution is 2.46. The molecule has 0 aliphatic carbocycles. The number of carbonyl (C=O) groups excluding carboxylic acids is 1. The van der Waals surface area contributed by atoms with Gasteiger partial charge in [0.1, 0.15) is 5.82 Å². The summed E-state index contributed by atoms with van der Waals surface area (Å²) < 4.78 is 21.3. The SMILES string of the molecule is CCCOc1sc(C(=O)N2[C@@H]3CC[C@H]2CC(c2cc(C[NH3+])ccc2F)C3)c(C)c1Br. The first-order valence-corrected chi connectivity index (χ1v) is 12.4. The molecule has 30 heavy (non-hydrogen) atoms. The Morgan fingerprint density at radius 2 is 2.03 bits per heavy atom. The van der Waals surface area contributed by atoms with Crippen molar-refractivity contribution in [1.82, 2.24) is 4.90 Å². The molecule has 1 amide bonds. The first kappa shape index (κ1) is 21.8. The Morgan fingerprint density at radius 1 is 1.33 bits per heavy atom. The summed E-state index contributed by atoms with van der Waals surface area (Å²) in [6.45, 7) is 5.34. The molecule has 1 aromatic heterocycles. The molecular weight excluding hydrogens is 467 g/mol. The fraction of sp³-hybridized carbons (Fsp3) is 0.522. The van der Waals surface area contributed by atoms with Crippen molar-refractivity contribution in [3.8, 4) is 5.06 Å². The average Bonchev–Trinajstić information content (AvgIpc) is 3.18. The van der Waals surface area contributed by atoms with Gasteiger partial charge in [0, 0.05) is 17.6 Å². The summed E-state index contributed by atoms with van der Waals surface area (Å²) in [4.78, 5) is 16.3. The van der Waals surface area contributed by atoms with Crippen LogP contribution in [0.25, 0.3) is 0 Å². The smallest absolute Gasteiger partial charge is 0.264 e. The van der Waals surface area contributed by atoms with Crippen molar-refractivity contribution in [1.29, 1.82) is 0 Å². The topological polar surface area (TPSA) is 57.2 Å². The number of rotatable bonds is 6. The number of thiophene rings is 1. The monoisotopic (exact) mass is 495 g/mol. The Labute approximate surface area is 189 Å². The fourth-order valence-electron chi connectivity index (χ4n) is 4.90. The Morgan fingerprint density at radius 3 is 2.67 bits per heavy atom. The molecule has 3 heterocycles. The summed E-state index contributed by atoms with van der Waals surface area (Å²) in [5.41, 5.74) is 6.74. The predicted octanol–water partition coefficient (Wildman–Crippen LogP) is 5.04. The maximum atomic E-state index is 14.6. The molecule has 4 nitrogen and oxygen atoms in total. The van der Waals surface area contributed by atoms with Crippen molar-refractivity contribution in [3.63, 3.8) is 0 Å². The minimum Gasteiger partial charge on any atom is -0.483 e. The Kier molecular flexibility index (Phi) is 6.51. The molecule has 7 heteroatoms. The zero-order valence-corrected chi connectivity index (χ0v) is 20.0. The molecule has 2 aromatic rings. The Hall–Kier alpha value is -1.44. The van der Waals surface area contributed by atoms with Crippen LogP contribution in [0.2, 0.25) is 0 Å². The lowest BCUT2D eigenvalue weighted by Gasteiger charge is -2.39. The number of carbonyl (C=O) groups is 1. The van der Waals surface area contributed by atoms with E-state index < -0.39 is 0 Å². The van der Waals surface area contributed by atoms with Crippen LogP contribution in [0.15, 0.2) is 22.7 Å². The molecule has 2 saturated heterocycles. The number of ether oxygens (including phenoxy) is 1. The second-order valence-electron chi connectivity index (χ2n) is 8.38. The number of nitrogens with zero attached hydrogens (tertiary/aromatic N) is 1. The molecule has 1 unspecified atom stereocenters. The summed E-state index contributed by atoms with van der Waals surface area (Å²) >= 11 is 5.04. The first-order valence-electron chi connectivity index (χ1n) is 10.8. The number of hydrogen-bond acceptors (Lipinski definition) is 3. The third kappa shape index (κ3) is 3.92. The van der Waals surface area contributed by atoms with Gasteiger partial charge >= 0.3 is 0 Å². The van der Waals surface area contributed by atoms with Gasteiger partial charge in [-0.05, 0) is 84.1 Å². The molecular formula is C23H29BrFN2O2S+. The van der Waals surface area contributed by atoms with Gasteiger partial charge in [0.15, 0.2) is 5.06 Å². The van der Waals surface area contributed by atoms with Crippen LogP contribution in [-0.2, 0) is 6.54 Å². The fourth-order valence-corrected chi connectivity index (χ4v) is 6.60. The molecule has 3 N–H and O–H groups in total. The minimum absolute atomic E-state index is 0.0995. The lowest BCUT2D eigenvalue weighted by Crippen LogP contribution is -2.47. The van der Waals surface area contributed by atoms with E-state index in [0.29, 0.717) is 13.2 Å². The molecule has 2 aliphatic rings. The first-order chi connectivity index (χ1) is 14.4. The van der Waals surface area contributed by atoms with Crippen LogP contribution in [0.3, 0.4) is 0 Å². The Bertz CT molecular complexity index is 934. The maximum absolute atomic E-state index is 14.6. The molecule has 2 aliphatic heterocycles. The second kappa shape index (κ2) is 8.97. The lowest BCUT2D eigenvalue weighted by molar-refractivity contribution is -0.386. The van der Waals surface area contributed by atoms with E-state index in [-0.39, 0.29) is 29.7 Å². The van der Waals surface area contributed by atoms with E-state index in [1.807, 2.05) is 19.1 Å². The van der Waals surface area contributed by atoms with Crippen LogP contribution in [0.5, 0.6) is 5.06 Å². The van der Waals surface area contributed by atoms with Crippen LogP contribution in [-0.4, -0.2) is 29.5 Å². The number of fused-ring (bicyclic) bond motifs is 2. The van der Waals surface area contributed by atoms with E-state index in [4.69, 9.17) is 4.74 Å². The van der Waals surface area contributed by atoms with E-state index in [1.54, 1.807) is 6.07 Å². The standard InChI is InChI=1S/C23H28BrFN2O2S/c1-3-8-29-23-20(24)13(2)21(30-23)22(28)27-16-5-6-17(27)11-15(10-16)18-9-14(12-26)4-7-19(18)25/h4,7,9,15-17H,3,5-6,8,10-12,26H2,1-2H3/p+1/t15?,16-,17+. The summed E-state index contributed by atoms with van der Waals surface area (Å²) in [5.74, 6) is 0.132. The van der Waals surface area contributed by atoms with Gasteiger partial charge in [-0.1, -0.05) is 24.3 Å². The van der Waals surface area contributed by atoms with Gasteiger partial charge in [-0.2, -0.15) is 0 Å². The van der Waals surface area contributed by atoms with Crippen molar-refractivity contribution >= 4 is 33.2 Å². The zero-order valence-electron chi connectivity index (χ0n) is 17.5. The summed E-state index contributed by atoms with van der Waals surface area (Å²) in [6, 6.07) is 5.70. The number of hydrogen-bond donors (Lipinski definition) is 1. The van der Waals surface area contributed by atoms with Gasteiger partial charge < -0.3 is 15.4 Å². The zero-order chi connectivity index (χ0) is 21.4. The molecule has 0 saturated carbocycles. The summed E-state index contributed by atoms with van der Waals surface area (Å²) in [7, 11) is 0. The van der Waals surface area contributed by atoms with Crippen molar-refractivity contribution < 1.29 is 19.7 Å². The Balaban J connectivity index is 1.55. The van der Waals surface area contributed by atoms with Crippen molar-refractivity contribution in [2.75, 3.05) is 6.61 Å². The minimum atomic E-state index is -0.132. The third-order valence-electron chi connectivity index (χ3n) is 6.43. The molecule has 162 valence electrons. The molecule has 2 fully saturated rings. The van der Waals surface area contributed by atoms with Crippen molar-refractivity contribution in [2.24, 2.45) is 0 Å². The molecule has 4 rings (SSSR count). The van der Waals surface area contributed by atoms with Crippen molar-refractivity contribution in [3.05, 3.63) is 50.1 Å². The highest BCUT2D eigenvalue weighted by Gasteiger charge is 2.45. The normalized spacial score (nSPS) is 23.1. The summed E-state index contributed by atoms with van der Waals surface area (Å²) in [5, 5.41) is 0.784. The maximum Gasteiger partial charge on any atom is 0.264 e. The predicted molar refractivity (Wildman–Crippen MR) is 120 cm³/mol. The summed E-state index contributed by atoms with van der Waals surface area (Å²) in [6.07, 6.45) is 4.56. The van der Waals surface area contributed by atoms with Gasteiger partial charge in [-0.3, -0.25) is 4.79 Å². The van der Waals surface area contributed by atoms with Crippen LogP contribution in [0.4, 0.5) is 4.39 Å². The van der Waals surface area contributed by atoms with E-state index in [9.17, 15) is 9.18 Å². The lowest BCUT2D eigenvalue weighted by atomic mass is 9.84. The van der Waals surface area contributed by atoms with E-state index >= 15 is 0 Å². The van der Waals surface area contributed by atoms with E-state index in [0.717, 1.165) is 63.2 Å². The largest absolute Gasteiger partial charge is 0.483 e. The quantitative estimate of drug-likeness (QED) is 0.610. The van der Waals surface area contributed by atoms with Gasteiger partial charge in [0.25, 0.3) is 5.91 Å². The van der Waals surface area contributed by atoms with Crippen LogP contribution in [0.1, 0.15) is 71.3 Å². The van der Waals surface area contributed by atoms with Crippen LogP contribution in [0, 0.1) is 12.7 Å². The number of amides is 1. The second-order valence-corrected chi connectivity index (χ2v) is 10.2. The number of quaternary nitrogens is 1. The van der Waals surface area contributed by atoms with E-state index in [1.165, 1.54) is 11.3 Å². The molecule has 3 atom stereocenters. The highest BCUT2D eigenvalue weighted by atomic mass is 79.9. The molecule has 0 radical (unpaired) electrons. The third-order valence-corrected chi connectivity index (χ3v) is 8.84. The number of benzene rings is 1. The van der Waals surface area contributed by atoms with Crippen LogP contribution < -0.4 is 10.5 Å². The van der Waals surface area contributed by atoms with Crippen molar-refractivity contribution in [2.45, 2.75) is 70.5 Å². The number of piperidine rings is 1. The number of halogens is 2.